The smallest absolute Gasteiger partial charge is 0.283 e. The molecule has 5 heteroatoms. The molecule has 0 spiro atoms. The van der Waals surface area contributed by atoms with E-state index in [1.54, 1.807) is 17.0 Å². The summed E-state index contributed by atoms with van der Waals surface area (Å²) >= 11 is 7.13. The molecule has 0 bridgehead atoms. The SMILES string of the molecule is CCCn1ccnc(SC(C)CCl)c1=O. The van der Waals surface area contributed by atoms with E-state index in [2.05, 4.69) is 4.98 Å². The molecule has 0 radical (unpaired) electrons. The molecule has 0 aliphatic carbocycles. The van der Waals surface area contributed by atoms with Crippen molar-refractivity contribution in [3.63, 3.8) is 0 Å². The quantitative estimate of drug-likeness (QED) is 0.591. The van der Waals surface area contributed by atoms with Crippen LogP contribution >= 0.6 is 23.4 Å². The largest absolute Gasteiger partial charge is 0.312 e. The van der Waals surface area contributed by atoms with Crippen LogP contribution in [0, 0.1) is 0 Å². The van der Waals surface area contributed by atoms with Gasteiger partial charge in [-0.15, -0.1) is 11.6 Å². The van der Waals surface area contributed by atoms with Crippen molar-refractivity contribution >= 4 is 23.4 Å². The van der Waals surface area contributed by atoms with Crippen LogP contribution in [-0.4, -0.2) is 20.7 Å². The van der Waals surface area contributed by atoms with Gasteiger partial charge in [0.05, 0.1) is 0 Å². The molecule has 0 saturated heterocycles. The van der Waals surface area contributed by atoms with Crippen LogP contribution in [0.15, 0.2) is 22.2 Å². The summed E-state index contributed by atoms with van der Waals surface area (Å²) in [7, 11) is 0. The predicted molar refractivity (Wildman–Crippen MR) is 64.8 cm³/mol. The Morgan fingerprint density at radius 2 is 2.40 bits per heavy atom. The first-order chi connectivity index (χ1) is 7.19. The Bertz CT molecular complexity index is 367. The topological polar surface area (TPSA) is 34.9 Å². The summed E-state index contributed by atoms with van der Waals surface area (Å²) in [5, 5.41) is 0.753. The lowest BCUT2D eigenvalue weighted by Gasteiger charge is -2.08. The summed E-state index contributed by atoms with van der Waals surface area (Å²) in [5.41, 5.74) is -0.0127. The molecule has 0 aliphatic rings. The van der Waals surface area contributed by atoms with E-state index < -0.39 is 0 Å². The molecule has 1 aromatic heterocycles. The Labute approximate surface area is 98.9 Å². The Hall–Kier alpha value is -0.480. The van der Waals surface area contributed by atoms with Crippen molar-refractivity contribution in [2.75, 3.05) is 5.88 Å². The lowest BCUT2D eigenvalue weighted by Crippen LogP contribution is -2.22. The van der Waals surface area contributed by atoms with Gasteiger partial charge in [0.15, 0.2) is 5.03 Å². The van der Waals surface area contributed by atoms with Gasteiger partial charge in [-0.25, -0.2) is 4.98 Å². The second-order valence-electron chi connectivity index (χ2n) is 3.31. The summed E-state index contributed by atoms with van der Waals surface area (Å²) < 4.78 is 1.69. The fraction of sp³-hybridized carbons (Fsp3) is 0.600. The molecule has 1 unspecified atom stereocenters. The zero-order valence-electron chi connectivity index (χ0n) is 8.94. The number of rotatable bonds is 5. The predicted octanol–water partition coefficient (Wildman–Crippen LogP) is 2.37. The van der Waals surface area contributed by atoms with Crippen LogP contribution in [0.1, 0.15) is 20.3 Å². The second kappa shape index (κ2) is 6.18. The van der Waals surface area contributed by atoms with Crippen LogP contribution in [0.5, 0.6) is 0 Å². The number of nitrogens with zero attached hydrogens (tertiary/aromatic N) is 2. The van der Waals surface area contributed by atoms with E-state index in [1.165, 1.54) is 11.8 Å². The number of aromatic nitrogens is 2. The molecule has 1 atom stereocenters. The molecule has 15 heavy (non-hydrogen) atoms. The Kier molecular flexibility index (Phi) is 5.19. The van der Waals surface area contributed by atoms with Gasteiger partial charge in [-0.2, -0.15) is 0 Å². The fourth-order valence-corrected chi connectivity index (χ4v) is 2.12. The van der Waals surface area contributed by atoms with Gasteiger partial charge in [0, 0.05) is 30.1 Å². The van der Waals surface area contributed by atoms with Gasteiger partial charge in [-0.1, -0.05) is 25.6 Å². The molecule has 0 fully saturated rings. The minimum Gasteiger partial charge on any atom is -0.312 e. The summed E-state index contributed by atoms with van der Waals surface area (Å²) in [6, 6.07) is 0. The van der Waals surface area contributed by atoms with Crippen molar-refractivity contribution in [1.29, 1.82) is 0 Å². The molecule has 3 nitrogen and oxygen atoms in total. The molecule has 1 heterocycles. The Balaban J connectivity index is 2.89. The van der Waals surface area contributed by atoms with E-state index in [0.29, 0.717) is 10.9 Å². The average molecular weight is 247 g/mol. The number of hydrogen-bond acceptors (Lipinski definition) is 3. The minimum atomic E-state index is -0.0127. The zero-order chi connectivity index (χ0) is 11.3. The number of halogens is 1. The van der Waals surface area contributed by atoms with Crippen molar-refractivity contribution in [3.05, 3.63) is 22.7 Å². The second-order valence-corrected chi connectivity index (χ2v) is 5.05. The molecule has 1 rings (SSSR count). The third kappa shape index (κ3) is 3.54. The van der Waals surface area contributed by atoms with Crippen LogP contribution in [0.4, 0.5) is 0 Å². The number of hydrogen-bond donors (Lipinski definition) is 0. The Morgan fingerprint density at radius 3 is 3.00 bits per heavy atom. The first-order valence-electron chi connectivity index (χ1n) is 4.97. The van der Waals surface area contributed by atoms with Crippen LogP contribution in [0.3, 0.4) is 0 Å². The van der Waals surface area contributed by atoms with E-state index in [4.69, 9.17) is 11.6 Å². The number of alkyl halides is 1. The van der Waals surface area contributed by atoms with Crippen LogP contribution in [0.25, 0.3) is 0 Å². The monoisotopic (exact) mass is 246 g/mol. The third-order valence-electron chi connectivity index (χ3n) is 1.88. The van der Waals surface area contributed by atoms with Crippen LogP contribution < -0.4 is 5.56 Å². The molecule has 0 aromatic carbocycles. The highest BCUT2D eigenvalue weighted by atomic mass is 35.5. The molecular formula is C10H15ClN2OS. The van der Waals surface area contributed by atoms with E-state index >= 15 is 0 Å². The average Bonchev–Trinajstić information content (AvgIpc) is 2.24. The van der Waals surface area contributed by atoms with Crippen LogP contribution in [-0.2, 0) is 6.54 Å². The summed E-state index contributed by atoms with van der Waals surface area (Å²) in [5.74, 6) is 0.522. The number of aryl methyl sites for hydroxylation is 1. The maximum atomic E-state index is 11.8. The van der Waals surface area contributed by atoms with Gasteiger partial charge in [0.1, 0.15) is 0 Å². The first kappa shape index (κ1) is 12.6. The highest BCUT2D eigenvalue weighted by molar-refractivity contribution is 7.99. The molecule has 0 amide bonds. The lowest BCUT2D eigenvalue weighted by atomic mass is 10.5. The standard InChI is InChI=1S/C10H15ClN2OS/c1-3-5-13-6-4-12-9(10(13)14)15-8(2)7-11/h4,6,8H,3,5,7H2,1-2H3. The first-order valence-corrected chi connectivity index (χ1v) is 6.38. The van der Waals surface area contributed by atoms with Crippen molar-refractivity contribution < 1.29 is 0 Å². The molecule has 0 N–H and O–H groups in total. The number of thioether (sulfide) groups is 1. The van der Waals surface area contributed by atoms with Gasteiger partial charge in [0.25, 0.3) is 5.56 Å². The maximum absolute atomic E-state index is 11.8. The zero-order valence-corrected chi connectivity index (χ0v) is 10.5. The van der Waals surface area contributed by atoms with Gasteiger partial charge < -0.3 is 4.57 Å². The van der Waals surface area contributed by atoms with Gasteiger partial charge in [-0.05, 0) is 6.42 Å². The highest BCUT2D eigenvalue weighted by Crippen LogP contribution is 2.18. The maximum Gasteiger partial charge on any atom is 0.283 e. The van der Waals surface area contributed by atoms with Crippen molar-refractivity contribution in [1.82, 2.24) is 9.55 Å². The summed E-state index contributed by atoms with van der Waals surface area (Å²) in [6.45, 7) is 4.77. The van der Waals surface area contributed by atoms with Gasteiger partial charge in [-0.3, -0.25) is 4.79 Å². The fourth-order valence-electron chi connectivity index (χ4n) is 1.15. The molecule has 0 aliphatic heterocycles. The third-order valence-corrected chi connectivity index (χ3v) is 3.60. The van der Waals surface area contributed by atoms with Crippen LogP contribution in [0.2, 0.25) is 0 Å². The van der Waals surface area contributed by atoms with E-state index in [9.17, 15) is 4.79 Å². The van der Waals surface area contributed by atoms with Gasteiger partial charge in [0.2, 0.25) is 0 Å². The molecule has 0 saturated carbocycles. The Morgan fingerprint density at radius 1 is 1.67 bits per heavy atom. The van der Waals surface area contributed by atoms with E-state index in [-0.39, 0.29) is 10.8 Å². The van der Waals surface area contributed by atoms with Crippen molar-refractivity contribution in [2.45, 2.75) is 37.1 Å². The van der Waals surface area contributed by atoms with E-state index in [1.807, 2.05) is 13.8 Å². The van der Waals surface area contributed by atoms with Gasteiger partial charge >= 0.3 is 0 Å². The highest BCUT2D eigenvalue weighted by Gasteiger charge is 2.09. The van der Waals surface area contributed by atoms with E-state index in [0.717, 1.165) is 13.0 Å². The van der Waals surface area contributed by atoms with Crippen molar-refractivity contribution in [3.8, 4) is 0 Å². The molecule has 1 aromatic rings. The molecular weight excluding hydrogens is 232 g/mol. The minimum absolute atomic E-state index is 0.0127. The molecule has 84 valence electrons. The summed E-state index contributed by atoms with van der Waals surface area (Å²) in [4.78, 5) is 15.9. The van der Waals surface area contributed by atoms with Crippen molar-refractivity contribution in [2.24, 2.45) is 0 Å². The summed E-state index contributed by atoms with van der Waals surface area (Å²) in [6.07, 6.45) is 4.33. The normalized spacial score (nSPS) is 12.7. The lowest BCUT2D eigenvalue weighted by molar-refractivity contribution is 0.631.